The van der Waals surface area contributed by atoms with Gasteiger partial charge in [0, 0.05) is 6.04 Å². The summed E-state index contributed by atoms with van der Waals surface area (Å²) in [7, 11) is 0. The Hall–Kier alpha value is -0.770. The van der Waals surface area contributed by atoms with Crippen LogP contribution in [-0.4, -0.2) is 39.9 Å². The molecule has 2 saturated heterocycles. The lowest BCUT2D eigenvalue weighted by molar-refractivity contribution is -0.0221. The highest BCUT2D eigenvalue weighted by Crippen LogP contribution is 2.36. The summed E-state index contributed by atoms with van der Waals surface area (Å²) in [6, 6.07) is 0.261. The summed E-state index contributed by atoms with van der Waals surface area (Å²) in [6.07, 6.45) is 2.99. The van der Waals surface area contributed by atoms with Crippen LogP contribution in [0, 0.1) is 0 Å². The van der Waals surface area contributed by atoms with Crippen molar-refractivity contribution in [3.63, 3.8) is 0 Å². The van der Waals surface area contributed by atoms with Crippen LogP contribution < -0.4 is 0 Å². The third-order valence-corrected chi connectivity index (χ3v) is 3.39. The van der Waals surface area contributed by atoms with E-state index in [-0.39, 0.29) is 24.3 Å². The number of carbonyl (C=O) groups is 1. The van der Waals surface area contributed by atoms with Crippen LogP contribution >= 0.6 is 0 Å². The number of ether oxygens (including phenoxy) is 1. The Kier molecular flexibility index (Phi) is 2.86. The molecular formula is C12H21NO3. The van der Waals surface area contributed by atoms with Crippen LogP contribution in [0.4, 0.5) is 4.79 Å². The van der Waals surface area contributed by atoms with Crippen molar-refractivity contribution >= 4 is 6.09 Å². The van der Waals surface area contributed by atoms with Crippen LogP contribution in [-0.2, 0) is 4.74 Å². The van der Waals surface area contributed by atoms with Gasteiger partial charge >= 0.3 is 6.09 Å². The summed E-state index contributed by atoms with van der Waals surface area (Å²) in [4.78, 5) is 13.8. The van der Waals surface area contributed by atoms with Crippen molar-refractivity contribution in [3.8, 4) is 0 Å². The summed E-state index contributed by atoms with van der Waals surface area (Å²) in [6.45, 7) is 5.60. The first-order chi connectivity index (χ1) is 7.38. The Morgan fingerprint density at radius 3 is 2.50 bits per heavy atom. The van der Waals surface area contributed by atoms with Crippen LogP contribution in [0.25, 0.3) is 0 Å². The number of rotatable bonds is 0. The lowest BCUT2D eigenvalue weighted by atomic mass is 10.0. The molecule has 4 heteroatoms. The largest absolute Gasteiger partial charge is 0.444 e. The first-order valence-electron chi connectivity index (χ1n) is 6.08. The van der Waals surface area contributed by atoms with Crippen molar-refractivity contribution in [2.45, 2.75) is 70.2 Å². The summed E-state index contributed by atoms with van der Waals surface area (Å²) >= 11 is 0. The second-order valence-corrected chi connectivity index (χ2v) is 5.83. The minimum Gasteiger partial charge on any atom is -0.444 e. The maximum atomic E-state index is 12.0. The van der Waals surface area contributed by atoms with E-state index in [2.05, 4.69) is 0 Å². The quantitative estimate of drug-likeness (QED) is 0.687. The first kappa shape index (κ1) is 11.7. The number of aliphatic hydroxyl groups is 1. The highest BCUT2D eigenvalue weighted by molar-refractivity contribution is 5.69. The molecule has 2 bridgehead atoms. The van der Waals surface area contributed by atoms with Crippen molar-refractivity contribution in [1.29, 1.82) is 0 Å². The lowest BCUT2D eigenvalue weighted by Gasteiger charge is -2.38. The van der Waals surface area contributed by atoms with Gasteiger partial charge in [0.05, 0.1) is 12.1 Å². The van der Waals surface area contributed by atoms with E-state index in [1.54, 1.807) is 4.90 Å². The first-order valence-corrected chi connectivity index (χ1v) is 6.08. The zero-order valence-corrected chi connectivity index (χ0v) is 10.3. The van der Waals surface area contributed by atoms with Gasteiger partial charge in [-0.05, 0) is 46.5 Å². The van der Waals surface area contributed by atoms with Gasteiger partial charge in [0.25, 0.3) is 0 Å². The number of hydrogen-bond acceptors (Lipinski definition) is 3. The topological polar surface area (TPSA) is 49.8 Å². The highest BCUT2D eigenvalue weighted by Gasteiger charge is 2.45. The SMILES string of the molecule is CC(C)(C)OC(=O)N1[C@H]2CC[C@@H](O)[C@@H]1CC2. The second-order valence-electron chi connectivity index (χ2n) is 5.83. The normalized spacial score (nSPS) is 34.0. The molecule has 0 radical (unpaired) electrons. The van der Waals surface area contributed by atoms with Gasteiger partial charge in [-0.1, -0.05) is 0 Å². The number of amides is 1. The summed E-state index contributed by atoms with van der Waals surface area (Å²) < 4.78 is 5.38. The van der Waals surface area contributed by atoms with Crippen molar-refractivity contribution in [2.24, 2.45) is 0 Å². The summed E-state index contributed by atoms with van der Waals surface area (Å²) in [5.74, 6) is 0. The fraction of sp³-hybridized carbons (Fsp3) is 0.917. The average molecular weight is 227 g/mol. The van der Waals surface area contributed by atoms with Gasteiger partial charge in [0.2, 0.25) is 0 Å². The minimum atomic E-state index is -0.459. The van der Waals surface area contributed by atoms with E-state index >= 15 is 0 Å². The fourth-order valence-corrected chi connectivity index (χ4v) is 2.73. The summed E-state index contributed by atoms with van der Waals surface area (Å²) in [5, 5.41) is 9.86. The molecule has 0 saturated carbocycles. The van der Waals surface area contributed by atoms with E-state index < -0.39 is 5.60 Å². The van der Waals surface area contributed by atoms with Gasteiger partial charge in [-0.3, -0.25) is 4.90 Å². The Morgan fingerprint density at radius 2 is 1.88 bits per heavy atom. The standard InChI is InChI=1S/C12H21NO3/c1-12(2,3)16-11(15)13-8-4-6-9(13)10(14)7-5-8/h8-10,14H,4-7H2,1-3H3/t8-,9+,10-/m1/s1. The molecule has 0 unspecified atom stereocenters. The van der Waals surface area contributed by atoms with Gasteiger partial charge in [0.1, 0.15) is 5.60 Å². The molecule has 0 spiro atoms. The number of hydrogen-bond donors (Lipinski definition) is 1. The number of aliphatic hydroxyl groups excluding tert-OH is 1. The molecule has 1 N–H and O–H groups in total. The Balaban J connectivity index is 2.07. The van der Waals surface area contributed by atoms with Gasteiger partial charge < -0.3 is 9.84 Å². The van der Waals surface area contributed by atoms with E-state index in [9.17, 15) is 9.90 Å². The molecule has 0 aromatic heterocycles. The number of nitrogens with zero attached hydrogens (tertiary/aromatic N) is 1. The fourth-order valence-electron chi connectivity index (χ4n) is 2.73. The molecular weight excluding hydrogens is 206 g/mol. The van der Waals surface area contributed by atoms with Crippen molar-refractivity contribution in [2.75, 3.05) is 0 Å². The average Bonchev–Trinajstić information content (AvgIpc) is 2.46. The smallest absolute Gasteiger partial charge is 0.410 e. The molecule has 2 heterocycles. The van der Waals surface area contributed by atoms with Gasteiger partial charge in [-0.15, -0.1) is 0 Å². The molecule has 2 fully saturated rings. The molecule has 2 aliphatic rings. The lowest BCUT2D eigenvalue weighted by Crippen LogP contribution is -2.51. The minimum absolute atomic E-state index is 0.0198. The number of carbonyl (C=O) groups excluding carboxylic acids is 1. The monoisotopic (exact) mass is 227 g/mol. The third-order valence-electron chi connectivity index (χ3n) is 3.39. The van der Waals surface area contributed by atoms with Gasteiger partial charge in [-0.2, -0.15) is 0 Å². The Morgan fingerprint density at radius 1 is 1.25 bits per heavy atom. The molecule has 0 aromatic rings. The molecule has 4 nitrogen and oxygen atoms in total. The number of fused-ring (bicyclic) bond motifs is 2. The zero-order chi connectivity index (χ0) is 11.9. The van der Waals surface area contributed by atoms with E-state index in [0.29, 0.717) is 0 Å². The van der Waals surface area contributed by atoms with Gasteiger partial charge in [-0.25, -0.2) is 4.79 Å². The number of piperidine rings is 1. The predicted molar refractivity (Wildman–Crippen MR) is 60.1 cm³/mol. The Labute approximate surface area is 96.6 Å². The van der Waals surface area contributed by atoms with Crippen LogP contribution in [0.3, 0.4) is 0 Å². The van der Waals surface area contributed by atoms with Gasteiger partial charge in [0.15, 0.2) is 0 Å². The van der Waals surface area contributed by atoms with Crippen molar-refractivity contribution in [1.82, 2.24) is 4.90 Å². The van der Waals surface area contributed by atoms with Crippen molar-refractivity contribution < 1.29 is 14.6 Å². The van der Waals surface area contributed by atoms with Crippen LogP contribution in [0.2, 0.25) is 0 Å². The van der Waals surface area contributed by atoms with Crippen LogP contribution in [0.1, 0.15) is 46.5 Å². The highest BCUT2D eigenvalue weighted by atomic mass is 16.6. The molecule has 1 amide bonds. The van der Waals surface area contributed by atoms with Crippen LogP contribution in [0.15, 0.2) is 0 Å². The van der Waals surface area contributed by atoms with E-state index in [1.165, 1.54) is 0 Å². The molecule has 2 aliphatic heterocycles. The van der Waals surface area contributed by atoms with Crippen molar-refractivity contribution in [3.05, 3.63) is 0 Å². The van der Waals surface area contributed by atoms with E-state index in [1.807, 2.05) is 20.8 Å². The third kappa shape index (κ3) is 2.17. The maximum absolute atomic E-state index is 12.0. The molecule has 2 rings (SSSR count). The molecule has 0 aromatic carbocycles. The second kappa shape index (κ2) is 3.91. The summed E-state index contributed by atoms with van der Waals surface area (Å²) in [5.41, 5.74) is -0.459. The molecule has 0 aliphatic carbocycles. The molecule has 92 valence electrons. The van der Waals surface area contributed by atoms with E-state index in [0.717, 1.165) is 25.7 Å². The maximum Gasteiger partial charge on any atom is 0.410 e. The van der Waals surface area contributed by atoms with E-state index in [4.69, 9.17) is 4.74 Å². The molecule has 16 heavy (non-hydrogen) atoms. The van der Waals surface area contributed by atoms with Crippen LogP contribution in [0.5, 0.6) is 0 Å². The predicted octanol–water partition coefficient (Wildman–Crippen LogP) is 1.91. The zero-order valence-electron chi connectivity index (χ0n) is 10.3. The molecule has 3 atom stereocenters. The Bertz CT molecular complexity index is 284.